The molecule has 0 radical (unpaired) electrons. The predicted octanol–water partition coefficient (Wildman–Crippen LogP) is 3.65. The molecule has 0 bridgehead atoms. The van der Waals surface area contributed by atoms with Gasteiger partial charge in [0.05, 0.1) is 11.8 Å². The Morgan fingerprint density at radius 1 is 0.773 bits per heavy atom. The number of ether oxygens (including phenoxy) is 1. The molecular weight excluding hydrogens is 276 g/mol. The number of allylic oxidation sites excluding steroid dienone is 2. The van der Waals surface area contributed by atoms with Gasteiger partial charge in [-0.25, -0.2) is 0 Å². The smallest absolute Gasteiger partial charge is 0.194 e. The first-order valence-electron chi connectivity index (χ1n) is 7.07. The molecule has 0 fully saturated rings. The van der Waals surface area contributed by atoms with Gasteiger partial charge in [0.15, 0.2) is 17.7 Å². The number of hydrogen-bond acceptors (Lipinski definition) is 3. The summed E-state index contributed by atoms with van der Waals surface area (Å²) in [6.07, 6.45) is 2.55. The Hall–Kier alpha value is -2.94. The molecular formula is C19H12O3. The van der Waals surface area contributed by atoms with E-state index in [9.17, 15) is 9.59 Å². The van der Waals surface area contributed by atoms with Gasteiger partial charge < -0.3 is 4.74 Å². The van der Waals surface area contributed by atoms with Crippen molar-refractivity contribution in [3.8, 4) is 0 Å². The van der Waals surface area contributed by atoms with Crippen LogP contribution in [0.15, 0.2) is 78.1 Å². The zero-order valence-electron chi connectivity index (χ0n) is 11.7. The fourth-order valence-electron chi connectivity index (χ4n) is 2.97. The highest BCUT2D eigenvalue weighted by Gasteiger charge is 2.37. The van der Waals surface area contributed by atoms with Gasteiger partial charge in [0.1, 0.15) is 0 Å². The van der Waals surface area contributed by atoms with Crippen molar-refractivity contribution < 1.29 is 14.3 Å². The number of benzene rings is 2. The Kier molecular flexibility index (Phi) is 2.79. The van der Waals surface area contributed by atoms with Crippen LogP contribution < -0.4 is 0 Å². The number of carbonyl (C=O) groups excluding carboxylic acids is 2. The molecule has 2 aliphatic rings. The largest absolute Gasteiger partial charge is 0.488 e. The number of Topliss-reactive ketones (excluding diaryl/α,β-unsaturated/α-hetero) is 2. The minimum atomic E-state index is -0.536. The van der Waals surface area contributed by atoms with Gasteiger partial charge in [-0.3, -0.25) is 9.59 Å². The van der Waals surface area contributed by atoms with E-state index in [2.05, 4.69) is 0 Å². The zero-order valence-corrected chi connectivity index (χ0v) is 11.7. The number of rotatable bonds is 1. The molecule has 1 heterocycles. The van der Waals surface area contributed by atoms with Gasteiger partial charge in [-0.15, -0.1) is 0 Å². The van der Waals surface area contributed by atoms with E-state index < -0.39 is 6.10 Å². The Balaban J connectivity index is 1.91. The maximum Gasteiger partial charge on any atom is 0.194 e. The minimum absolute atomic E-state index is 0.120. The third-order valence-electron chi connectivity index (χ3n) is 4.01. The van der Waals surface area contributed by atoms with Crippen molar-refractivity contribution in [2.24, 2.45) is 0 Å². The SMILES string of the molecule is O=C1C2=C(C(=O)c3ccccc31)C(c1ccccc1)OC=C2. The molecule has 4 rings (SSSR count). The van der Waals surface area contributed by atoms with Crippen LogP contribution in [0.25, 0.3) is 0 Å². The van der Waals surface area contributed by atoms with Crippen molar-refractivity contribution in [1.29, 1.82) is 0 Å². The third kappa shape index (κ3) is 1.76. The lowest BCUT2D eigenvalue weighted by atomic mass is 9.79. The lowest BCUT2D eigenvalue weighted by Crippen LogP contribution is -2.27. The standard InChI is InChI=1S/C19H12O3/c20-17-13-8-4-5-9-14(13)18(21)16-15(17)10-11-22-19(16)12-6-2-1-3-7-12/h1-11,19H. The lowest BCUT2D eigenvalue weighted by Gasteiger charge is -2.28. The summed E-state index contributed by atoms with van der Waals surface area (Å²) in [5, 5.41) is 0. The molecule has 0 amide bonds. The number of ketones is 2. The van der Waals surface area contributed by atoms with Crippen molar-refractivity contribution >= 4 is 11.6 Å². The van der Waals surface area contributed by atoms with Crippen LogP contribution in [0.5, 0.6) is 0 Å². The summed E-state index contributed by atoms with van der Waals surface area (Å²) in [5.41, 5.74) is 2.64. The van der Waals surface area contributed by atoms with Gasteiger partial charge in [-0.2, -0.15) is 0 Å². The fourth-order valence-corrected chi connectivity index (χ4v) is 2.97. The molecule has 0 spiro atoms. The van der Waals surface area contributed by atoms with E-state index >= 15 is 0 Å². The average molecular weight is 288 g/mol. The number of hydrogen-bond donors (Lipinski definition) is 0. The van der Waals surface area contributed by atoms with Gasteiger partial charge >= 0.3 is 0 Å². The van der Waals surface area contributed by atoms with Gasteiger partial charge in [0, 0.05) is 16.7 Å². The third-order valence-corrected chi connectivity index (χ3v) is 4.01. The molecule has 1 aliphatic heterocycles. The molecule has 106 valence electrons. The van der Waals surface area contributed by atoms with Crippen LogP contribution >= 0.6 is 0 Å². The first-order chi connectivity index (χ1) is 10.8. The van der Waals surface area contributed by atoms with E-state index in [-0.39, 0.29) is 11.6 Å². The molecule has 3 heteroatoms. The Morgan fingerprint density at radius 3 is 2.14 bits per heavy atom. The summed E-state index contributed by atoms with van der Waals surface area (Å²) in [6.45, 7) is 0. The molecule has 2 aromatic rings. The van der Waals surface area contributed by atoms with E-state index in [4.69, 9.17) is 4.74 Å². The van der Waals surface area contributed by atoms with E-state index in [1.165, 1.54) is 6.26 Å². The predicted molar refractivity (Wildman–Crippen MR) is 81.5 cm³/mol. The summed E-state index contributed by atoms with van der Waals surface area (Å²) in [4.78, 5) is 25.5. The Morgan fingerprint density at radius 2 is 1.41 bits per heavy atom. The van der Waals surface area contributed by atoms with Gasteiger partial charge in [0.2, 0.25) is 0 Å². The molecule has 1 unspecified atom stereocenters. The van der Waals surface area contributed by atoms with Crippen molar-refractivity contribution in [2.45, 2.75) is 6.10 Å². The monoisotopic (exact) mass is 288 g/mol. The van der Waals surface area contributed by atoms with Crippen molar-refractivity contribution in [3.63, 3.8) is 0 Å². The second kappa shape index (κ2) is 4.81. The van der Waals surface area contributed by atoms with Crippen LogP contribution in [0.4, 0.5) is 0 Å². The molecule has 3 nitrogen and oxygen atoms in total. The van der Waals surface area contributed by atoms with Crippen molar-refractivity contribution in [2.75, 3.05) is 0 Å². The molecule has 1 aliphatic carbocycles. The highest BCUT2D eigenvalue weighted by molar-refractivity contribution is 6.28. The van der Waals surface area contributed by atoms with Gasteiger partial charge in [-0.05, 0) is 11.6 Å². The summed E-state index contributed by atoms with van der Waals surface area (Å²) >= 11 is 0. The van der Waals surface area contributed by atoms with E-state index in [0.717, 1.165) is 5.56 Å². The summed E-state index contributed by atoms with van der Waals surface area (Å²) < 4.78 is 5.66. The number of carbonyl (C=O) groups is 2. The second-order valence-corrected chi connectivity index (χ2v) is 5.26. The maximum atomic E-state index is 12.9. The Bertz CT molecular complexity index is 844. The normalized spacial score (nSPS) is 19.5. The van der Waals surface area contributed by atoms with Gasteiger partial charge in [0.25, 0.3) is 0 Å². The zero-order chi connectivity index (χ0) is 15.1. The molecule has 0 aromatic heterocycles. The van der Waals surface area contributed by atoms with E-state index in [0.29, 0.717) is 22.3 Å². The van der Waals surface area contributed by atoms with E-state index in [1.54, 1.807) is 30.3 Å². The topological polar surface area (TPSA) is 43.4 Å². The fraction of sp³-hybridized carbons (Fsp3) is 0.0526. The van der Waals surface area contributed by atoms with Crippen LogP contribution in [0.3, 0.4) is 0 Å². The number of fused-ring (bicyclic) bond motifs is 1. The van der Waals surface area contributed by atoms with Crippen LogP contribution in [0, 0.1) is 0 Å². The summed E-state index contributed by atoms with van der Waals surface area (Å²) in [5.74, 6) is -0.255. The molecule has 2 aromatic carbocycles. The quantitative estimate of drug-likeness (QED) is 0.804. The highest BCUT2D eigenvalue weighted by Crippen LogP contribution is 2.39. The molecule has 0 saturated heterocycles. The lowest BCUT2D eigenvalue weighted by molar-refractivity contribution is 0.0915. The van der Waals surface area contributed by atoms with Crippen molar-refractivity contribution in [1.82, 2.24) is 0 Å². The molecule has 0 saturated carbocycles. The first kappa shape index (κ1) is 12.8. The molecule has 1 atom stereocenters. The molecule has 22 heavy (non-hydrogen) atoms. The van der Waals surface area contributed by atoms with Gasteiger partial charge in [-0.1, -0.05) is 54.6 Å². The minimum Gasteiger partial charge on any atom is -0.488 e. The average Bonchev–Trinajstić information content (AvgIpc) is 2.60. The van der Waals surface area contributed by atoms with Crippen LogP contribution in [-0.2, 0) is 4.74 Å². The van der Waals surface area contributed by atoms with Crippen molar-refractivity contribution in [3.05, 3.63) is 94.8 Å². The summed E-state index contributed by atoms with van der Waals surface area (Å²) in [6, 6.07) is 16.4. The van der Waals surface area contributed by atoms with Crippen LogP contribution in [0.2, 0.25) is 0 Å². The Labute approximate surface area is 127 Å². The van der Waals surface area contributed by atoms with Crippen LogP contribution in [-0.4, -0.2) is 11.6 Å². The highest BCUT2D eigenvalue weighted by atomic mass is 16.5. The van der Waals surface area contributed by atoms with Crippen LogP contribution in [0.1, 0.15) is 32.4 Å². The second-order valence-electron chi connectivity index (χ2n) is 5.26. The molecule has 0 N–H and O–H groups in total. The maximum absolute atomic E-state index is 12.9. The first-order valence-corrected chi connectivity index (χ1v) is 7.07. The van der Waals surface area contributed by atoms with E-state index in [1.807, 2.05) is 30.3 Å². The summed E-state index contributed by atoms with van der Waals surface area (Å²) in [7, 11) is 0.